The third-order valence-corrected chi connectivity index (χ3v) is 9.38. The minimum absolute atomic E-state index is 0.0808. The lowest BCUT2D eigenvalue weighted by Gasteiger charge is -2.28. The zero-order valence-electron chi connectivity index (χ0n) is 22.8. The van der Waals surface area contributed by atoms with E-state index in [4.69, 9.17) is 17.2 Å². The molecule has 1 fully saturated rings. The number of non-ortho nitro benzene ring substituents is 1. The van der Waals surface area contributed by atoms with Crippen LogP contribution in [-0.4, -0.2) is 19.6 Å². The Morgan fingerprint density at radius 2 is 1.62 bits per heavy atom. The minimum atomic E-state index is -0.388. The van der Waals surface area contributed by atoms with Crippen molar-refractivity contribution in [2.45, 2.75) is 35.7 Å². The highest BCUT2D eigenvalue weighted by molar-refractivity contribution is 9.10. The Balaban J connectivity index is 1.38. The molecule has 3 aromatic carbocycles. The van der Waals surface area contributed by atoms with Gasteiger partial charge in [0.05, 0.1) is 28.4 Å². The van der Waals surface area contributed by atoms with Crippen LogP contribution in [0.4, 0.5) is 11.4 Å². The number of anilines is 1. The molecule has 6 rings (SSSR count). The van der Waals surface area contributed by atoms with E-state index >= 15 is 0 Å². The molecular formula is C32H26BrN5O2S2. The second-order valence-corrected chi connectivity index (χ2v) is 12.3. The van der Waals surface area contributed by atoms with Crippen LogP contribution in [-0.2, 0) is 0 Å². The second kappa shape index (κ2) is 11.7. The normalized spacial score (nSPS) is 16.5. The first kappa shape index (κ1) is 28.1. The number of rotatable bonds is 7. The van der Waals surface area contributed by atoms with E-state index in [-0.39, 0.29) is 22.7 Å². The molecule has 0 aliphatic carbocycles. The number of hydrogen-bond acceptors (Lipinski definition) is 5. The molecular weight excluding hydrogens is 630 g/mol. The Morgan fingerprint density at radius 1 is 0.952 bits per heavy atom. The fourth-order valence-corrected chi connectivity index (χ4v) is 7.11. The summed E-state index contributed by atoms with van der Waals surface area (Å²) in [6.07, 6.45) is 1.81. The lowest BCUT2D eigenvalue weighted by atomic mass is 9.96. The van der Waals surface area contributed by atoms with Crippen LogP contribution >= 0.6 is 39.9 Å². The van der Waals surface area contributed by atoms with Gasteiger partial charge >= 0.3 is 0 Å². The summed E-state index contributed by atoms with van der Waals surface area (Å²) in [6, 6.07) is 31.0. The number of nitrogens with one attached hydrogen (secondary N) is 1. The highest BCUT2D eigenvalue weighted by atomic mass is 79.9. The van der Waals surface area contributed by atoms with Crippen LogP contribution in [0.15, 0.2) is 118 Å². The van der Waals surface area contributed by atoms with Gasteiger partial charge in [-0.2, -0.15) is 0 Å². The summed E-state index contributed by atoms with van der Waals surface area (Å²) in [5, 5.41) is 15.2. The number of benzene rings is 3. The number of nitro groups is 1. The summed E-state index contributed by atoms with van der Waals surface area (Å²) in [4.78, 5) is 19.4. The molecule has 0 bridgehead atoms. The van der Waals surface area contributed by atoms with Crippen molar-refractivity contribution in [1.82, 2.24) is 14.9 Å². The van der Waals surface area contributed by atoms with Gasteiger partial charge in [0.25, 0.3) is 5.69 Å². The van der Waals surface area contributed by atoms with Crippen molar-refractivity contribution >= 4 is 56.4 Å². The molecule has 5 aromatic rings. The zero-order valence-corrected chi connectivity index (χ0v) is 26.0. The summed E-state index contributed by atoms with van der Waals surface area (Å²) in [5.41, 5.74) is 6.47. The summed E-state index contributed by atoms with van der Waals surface area (Å²) < 4.78 is 3.30. The van der Waals surface area contributed by atoms with Gasteiger partial charge in [-0.3, -0.25) is 15.1 Å². The Hall–Kier alpha value is -3.99. The van der Waals surface area contributed by atoms with Crippen LogP contribution < -0.4 is 10.2 Å². The average molecular weight is 657 g/mol. The molecule has 2 atom stereocenters. The van der Waals surface area contributed by atoms with Crippen LogP contribution in [0.2, 0.25) is 0 Å². The third-order valence-electron chi connectivity index (χ3n) is 7.38. The van der Waals surface area contributed by atoms with E-state index in [0.717, 1.165) is 48.3 Å². The number of nitro benzene ring substituents is 1. The summed E-state index contributed by atoms with van der Waals surface area (Å²) in [7, 11) is 0. The van der Waals surface area contributed by atoms with E-state index in [1.807, 2.05) is 36.5 Å². The summed E-state index contributed by atoms with van der Waals surface area (Å²) in [6.45, 7) is 4.28. The van der Waals surface area contributed by atoms with E-state index in [1.165, 1.54) is 12.1 Å². The van der Waals surface area contributed by atoms with Crippen molar-refractivity contribution in [3.8, 4) is 5.69 Å². The van der Waals surface area contributed by atoms with Gasteiger partial charge in [-0.1, -0.05) is 30.0 Å². The number of nitrogens with zero attached hydrogens (tertiary/aromatic N) is 4. The van der Waals surface area contributed by atoms with E-state index in [1.54, 1.807) is 23.9 Å². The summed E-state index contributed by atoms with van der Waals surface area (Å²) >= 11 is 11.2. The minimum Gasteiger partial charge on any atom is -0.351 e. The first-order valence-electron chi connectivity index (χ1n) is 13.3. The largest absolute Gasteiger partial charge is 0.351 e. The number of hydrogen-bond donors (Lipinski definition) is 1. The smallest absolute Gasteiger partial charge is 0.269 e. The zero-order chi connectivity index (χ0) is 29.4. The van der Waals surface area contributed by atoms with Gasteiger partial charge in [0.15, 0.2) is 5.11 Å². The van der Waals surface area contributed by atoms with Crippen molar-refractivity contribution in [2.24, 2.45) is 0 Å². The quantitative estimate of drug-likeness (QED) is 0.107. The fraction of sp³-hybridized carbons (Fsp3) is 0.125. The summed E-state index contributed by atoms with van der Waals surface area (Å²) in [5.74, 6) is 0. The van der Waals surface area contributed by atoms with Gasteiger partial charge in [0, 0.05) is 49.7 Å². The number of para-hydroxylation sites is 1. The van der Waals surface area contributed by atoms with Crippen LogP contribution in [0.1, 0.15) is 34.7 Å². The number of halogens is 1. The Bertz CT molecular complexity index is 1780. The Labute approximate surface area is 261 Å². The topological polar surface area (TPSA) is 76.2 Å². The first-order valence-corrected chi connectivity index (χ1v) is 15.3. The molecule has 210 valence electrons. The molecule has 0 spiro atoms. The Morgan fingerprint density at radius 3 is 2.26 bits per heavy atom. The maximum atomic E-state index is 11.0. The van der Waals surface area contributed by atoms with Gasteiger partial charge in [-0.15, -0.1) is 0 Å². The standard InChI is InChI=1S/C32H26BrN5O2S2/c1-20-19-26(21(2)36(20)29-9-4-3-7-27(29)33)31-30(28-8-5-6-18-34-28)35-32(41)37(31)22-10-14-24(15-11-22)42-25-16-12-23(13-17-25)38(39)40/h3-19,30-31H,1-2H3,(H,35,41)/t30-,31-/m1/s1. The lowest BCUT2D eigenvalue weighted by molar-refractivity contribution is -0.384. The molecule has 1 saturated heterocycles. The predicted octanol–water partition coefficient (Wildman–Crippen LogP) is 8.49. The van der Waals surface area contributed by atoms with E-state index < -0.39 is 0 Å². The number of pyridine rings is 1. The molecule has 1 aliphatic heterocycles. The van der Waals surface area contributed by atoms with Crippen LogP contribution in [0.5, 0.6) is 0 Å². The van der Waals surface area contributed by atoms with Crippen LogP contribution in [0.25, 0.3) is 5.69 Å². The highest BCUT2D eigenvalue weighted by Crippen LogP contribution is 2.44. The molecule has 1 N–H and O–H groups in total. The molecule has 1 aliphatic rings. The van der Waals surface area contributed by atoms with Crippen LogP contribution in [0, 0.1) is 24.0 Å². The molecule has 0 unspecified atom stereocenters. The molecule has 10 heteroatoms. The van der Waals surface area contributed by atoms with Crippen molar-refractivity contribution in [1.29, 1.82) is 0 Å². The predicted molar refractivity (Wildman–Crippen MR) is 175 cm³/mol. The van der Waals surface area contributed by atoms with Crippen molar-refractivity contribution in [2.75, 3.05) is 4.90 Å². The first-order chi connectivity index (χ1) is 20.3. The van der Waals surface area contributed by atoms with E-state index in [2.05, 4.69) is 87.0 Å². The molecule has 0 amide bonds. The molecule has 42 heavy (non-hydrogen) atoms. The number of aryl methyl sites for hydroxylation is 1. The number of aromatic nitrogens is 2. The van der Waals surface area contributed by atoms with E-state index in [0.29, 0.717) is 5.11 Å². The van der Waals surface area contributed by atoms with Crippen molar-refractivity contribution in [3.63, 3.8) is 0 Å². The monoisotopic (exact) mass is 655 g/mol. The molecule has 0 radical (unpaired) electrons. The maximum Gasteiger partial charge on any atom is 0.269 e. The second-order valence-electron chi connectivity index (χ2n) is 9.96. The van der Waals surface area contributed by atoms with Gasteiger partial charge in [-0.25, -0.2) is 0 Å². The van der Waals surface area contributed by atoms with Crippen molar-refractivity contribution < 1.29 is 4.92 Å². The van der Waals surface area contributed by atoms with Gasteiger partial charge in [-0.05, 0) is 114 Å². The van der Waals surface area contributed by atoms with Crippen LogP contribution in [0.3, 0.4) is 0 Å². The Kier molecular flexibility index (Phi) is 7.85. The molecule has 3 heterocycles. The lowest BCUT2D eigenvalue weighted by Crippen LogP contribution is -2.29. The number of thiocarbonyl (C=S) groups is 1. The average Bonchev–Trinajstić information content (AvgIpc) is 3.49. The highest BCUT2D eigenvalue weighted by Gasteiger charge is 2.42. The molecule has 0 saturated carbocycles. The van der Waals surface area contributed by atoms with Crippen molar-refractivity contribution in [3.05, 3.63) is 140 Å². The molecule has 7 nitrogen and oxygen atoms in total. The fourth-order valence-electron chi connectivity index (χ4n) is 5.49. The van der Waals surface area contributed by atoms with Gasteiger partial charge in [0.1, 0.15) is 0 Å². The SMILES string of the molecule is Cc1cc([C@@H]2[C@@H](c3ccccn3)NC(=S)N2c2ccc(Sc3ccc([N+](=O)[O-])cc3)cc2)c(C)n1-c1ccccc1Br. The third kappa shape index (κ3) is 5.33. The van der Waals surface area contributed by atoms with Gasteiger partial charge in [0.2, 0.25) is 0 Å². The molecule has 2 aromatic heterocycles. The maximum absolute atomic E-state index is 11.0. The van der Waals surface area contributed by atoms with Gasteiger partial charge < -0.3 is 14.8 Å². The van der Waals surface area contributed by atoms with E-state index in [9.17, 15) is 10.1 Å².